The zero-order valence-electron chi connectivity index (χ0n) is 14.8. The molecule has 0 aliphatic heterocycles. The van der Waals surface area contributed by atoms with Gasteiger partial charge in [0.15, 0.2) is 5.75 Å². The van der Waals surface area contributed by atoms with Crippen molar-refractivity contribution in [1.29, 1.82) is 0 Å². The van der Waals surface area contributed by atoms with Crippen LogP contribution in [0.2, 0.25) is 0 Å². The molecular weight excluding hydrogens is 354 g/mol. The summed E-state index contributed by atoms with van der Waals surface area (Å²) in [5.41, 5.74) is 2.00. The molecule has 0 atom stereocenters. The summed E-state index contributed by atoms with van der Waals surface area (Å²) < 4.78 is 5.43. The number of nitrogens with zero attached hydrogens (tertiary/aromatic N) is 2. The molecule has 0 bridgehead atoms. The zero-order valence-corrected chi connectivity index (χ0v) is 16.4. The first kappa shape index (κ1) is 17.9. The lowest BCUT2D eigenvalue weighted by molar-refractivity contribution is 0.313. The molecule has 0 fully saturated rings. The van der Waals surface area contributed by atoms with Crippen LogP contribution in [0.5, 0.6) is 5.75 Å². The fraction of sp³-hybridized carbons (Fsp3) is 0.389. The molecule has 0 saturated carbocycles. The predicted molar refractivity (Wildman–Crippen MR) is 104 cm³/mol. The molecule has 7 heteroatoms. The molecule has 0 saturated heterocycles. The normalized spacial score (nSPS) is 11.2. The second-order valence-electron chi connectivity index (χ2n) is 5.86. The monoisotopic (exact) mass is 375 g/mol. The molecule has 0 radical (unpaired) electrons. The van der Waals surface area contributed by atoms with Crippen LogP contribution in [0.15, 0.2) is 22.1 Å². The number of thioether (sulfide) groups is 1. The number of rotatable bonds is 6. The Hall–Kier alpha value is -1.86. The highest BCUT2D eigenvalue weighted by atomic mass is 32.2. The van der Waals surface area contributed by atoms with Crippen molar-refractivity contribution in [2.45, 2.75) is 44.9 Å². The molecule has 3 aromatic rings. The van der Waals surface area contributed by atoms with Crippen molar-refractivity contribution in [3.63, 3.8) is 0 Å². The van der Waals surface area contributed by atoms with E-state index in [9.17, 15) is 4.79 Å². The molecule has 0 spiro atoms. The molecule has 132 valence electrons. The van der Waals surface area contributed by atoms with Crippen molar-refractivity contribution < 1.29 is 4.74 Å². The van der Waals surface area contributed by atoms with Crippen molar-refractivity contribution in [2.24, 2.45) is 0 Å². The van der Waals surface area contributed by atoms with Crippen LogP contribution >= 0.6 is 23.1 Å². The van der Waals surface area contributed by atoms with Gasteiger partial charge in [-0.2, -0.15) is 0 Å². The lowest BCUT2D eigenvalue weighted by Gasteiger charge is -2.07. The van der Waals surface area contributed by atoms with Crippen LogP contribution in [0.3, 0.4) is 0 Å². The smallest absolute Gasteiger partial charge is 0.223 e. The number of fused-ring (bicyclic) bond motifs is 1. The largest absolute Gasteiger partial charge is 0.488 e. The van der Waals surface area contributed by atoms with Crippen LogP contribution in [0, 0.1) is 20.8 Å². The Labute approximate surface area is 154 Å². The van der Waals surface area contributed by atoms with Crippen LogP contribution in [0.1, 0.15) is 35.3 Å². The van der Waals surface area contributed by atoms with E-state index in [1.165, 1.54) is 10.4 Å². The van der Waals surface area contributed by atoms with Gasteiger partial charge in [0.1, 0.15) is 15.7 Å². The highest BCUT2D eigenvalue weighted by Crippen LogP contribution is 2.35. The van der Waals surface area contributed by atoms with Crippen LogP contribution < -0.4 is 10.2 Å². The minimum atomic E-state index is -0.0885. The number of ether oxygens (including phenoxy) is 1. The Kier molecular flexibility index (Phi) is 5.44. The van der Waals surface area contributed by atoms with Gasteiger partial charge in [-0.15, -0.1) is 11.3 Å². The summed E-state index contributed by atoms with van der Waals surface area (Å²) in [5.74, 6) is 1.79. The molecule has 3 aromatic heterocycles. The van der Waals surface area contributed by atoms with E-state index in [1.807, 2.05) is 13.8 Å². The van der Waals surface area contributed by atoms with E-state index in [0.29, 0.717) is 18.1 Å². The Morgan fingerprint density at radius 3 is 2.80 bits per heavy atom. The maximum absolute atomic E-state index is 12.1. The van der Waals surface area contributed by atoms with E-state index in [-0.39, 0.29) is 5.43 Å². The third-order valence-electron chi connectivity index (χ3n) is 3.87. The SMILES string of the molecule is CCCOc1c[nH]c(CSc2nc(C)nc3sc(C)c(C)c23)cc1=O. The Balaban J connectivity index is 1.83. The second-order valence-corrected chi connectivity index (χ2v) is 8.03. The first-order valence-corrected chi connectivity index (χ1v) is 10.0. The minimum absolute atomic E-state index is 0.0885. The van der Waals surface area contributed by atoms with Crippen molar-refractivity contribution >= 4 is 33.3 Å². The molecule has 5 nitrogen and oxygen atoms in total. The fourth-order valence-electron chi connectivity index (χ4n) is 2.47. The van der Waals surface area contributed by atoms with Gasteiger partial charge in [-0.3, -0.25) is 4.79 Å². The van der Waals surface area contributed by atoms with Gasteiger partial charge in [0.05, 0.1) is 6.61 Å². The third kappa shape index (κ3) is 3.88. The summed E-state index contributed by atoms with van der Waals surface area (Å²) in [6.45, 7) is 8.69. The van der Waals surface area contributed by atoms with Crippen LogP contribution in [-0.2, 0) is 5.75 Å². The molecule has 3 rings (SSSR count). The molecular formula is C18H21N3O2S2. The molecule has 0 aromatic carbocycles. The van der Waals surface area contributed by atoms with E-state index in [4.69, 9.17) is 4.74 Å². The molecule has 0 aliphatic carbocycles. The van der Waals surface area contributed by atoms with Crippen LogP contribution in [0.4, 0.5) is 0 Å². The number of pyridine rings is 1. The second kappa shape index (κ2) is 7.58. The van der Waals surface area contributed by atoms with Crippen molar-refractivity contribution in [3.05, 3.63) is 44.4 Å². The standard InChI is InChI=1S/C18H21N3O2S2/c1-5-6-23-15-8-19-13(7-14(15)22)9-24-17-16-10(2)11(3)25-18(16)21-12(4)20-17/h7-8H,5-6,9H2,1-4H3,(H,19,22). The number of H-pyrrole nitrogens is 1. The molecule has 0 unspecified atom stereocenters. The summed E-state index contributed by atoms with van der Waals surface area (Å²) in [6, 6.07) is 1.61. The van der Waals surface area contributed by atoms with Gasteiger partial charge in [0.2, 0.25) is 5.43 Å². The molecule has 0 aliphatic rings. The number of hydrogen-bond donors (Lipinski definition) is 1. The average molecular weight is 376 g/mol. The maximum Gasteiger partial charge on any atom is 0.223 e. The molecule has 25 heavy (non-hydrogen) atoms. The van der Waals surface area contributed by atoms with Gasteiger partial charge in [0, 0.05) is 34.0 Å². The van der Waals surface area contributed by atoms with Gasteiger partial charge in [0.25, 0.3) is 0 Å². The van der Waals surface area contributed by atoms with Crippen molar-refractivity contribution in [3.8, 4) is 5.75 Å². The highest BCUT2D eigenvalue weighted by molar-refractivity contribution is 7.98. The lowest BCUT2D eigenvalue weighted by Crippen LogP contribution is -2.09. The maximum atomic E-state index is 12.1. The number of aromatic amines is 1. The van der Waals surface area contributed by atoms with Crippen LogP contribution in [-0.4, -0.2) is 21.6 Å². The summed E-state index contributed by atoms with van der Waals surface area (Å²) in [4.78, 5) is 26.7. The number of nitrogens with one attached hydrogen (secondary N) is 1. The predicted octanol–water partition coefficient (Wildman–Crippen LogP) is 4.39. The van der Waals surface area contributed by atoms with Gasteiger partial charge >= 0.3 is 0 Å². The van der Waals surface area contributed by atoms with Gasteiger partial charge in [-0.05, 0) is 32.8 Å². The summed E-state index contributed by atoms with van der Waals surface area (Å²) in [6.07, 6.45) is 2.52. The minimum Gasteiger partial charge on any atom is -0.488 e. The zero-order chi connectivity index (χ0) is 18.0. The Morgan fingerprint density at radius 2 is 2.08 bits per heavy atom. The topological polar surface area (TPSA) is 67.9 Å². The Morgan fingerprint density at radius 1 is 1.28 bits per heavy atom. The fourth-order valence-corrected chi connectivity index (χ4v) is 4.66. The van der Waals surface area contributed by atoms with Crippen molar-refractivity contribution in [1.82, 2.24) is 15.0 Å². The highest BCUT2D eigenvalue weighted by Gasteiger charge is 2.14. The molecule has 0 amide bonds. The number of thiophene rings is 1. The summed E-state index contributed by atoms with van der Waals surface area (Å²) >= 11 is 3.32. The number of hydrogen-bond acceptors (Lipinski definition) is 6. The van der Waals surface area contributed by atoms with E-state index in [0.717, 1.165) is 33.2 Å². The summed E-state index contributed by atoms with van der Waals surface area (Å²) in [7, 11) is 0. The number of aryl methyl sites for hydroxylation is 3. The quantitative estimate of drug-likeness (QED) is 0.511. The van der Waals surface area contributed by atoms with Crippen LogP contribution in [0.25, 0.3) is 10.2 Å². The van der Waals surface area contributed by atoms with E-state index in [1.54, 1.807) is 35.4 Å². The third-order valence-corrected chi connectivity index (χ3v) is 6.00. The van der Waals surface area contributed by atoms with E-state index in [2.05, 4.69) is 28.8 Å². The average Bonchev–Trinajstić information content (AvgIpc) is 2.86. The lowest BCUT2D eigenvalue weighted by atomic mass is 10.2. The van der Waals surface area contributed by atoms with Crippen molar-refractivity contribution in [2.75, 3.05) is 6.61 Å². The molecule has 3 heterocycles. The first-order valence-electron chi connectivity index (χ1n) is 8.21. The molecule has 1 N–H and O–H groups in total. The van der Waals surface area contributed by atoms with E-state index < -0.39 is 0 Å². The Bertz CT molecular complexity index is 963. The van der Waals surface area contributed by atoms with E-state index >= 15 is 0 Å². The summed E-state index contributed by atoms with van der Waals surface area (Å²) in [5, 5.41) is 2.10. The first-order chi connectivity index (χ1) is 12.0. The van der Waals surface area contributed by atoms with Gasteiger partial charge in [-0.25, -0.2) is 9.97 Å². The van der Waals surface area contributed by atoms with Gasteiger partial charge in [-0.1, -0.05) is 18.7 Å². The van der Waals surface area contributed by atoms with Gasteiger partial charge < -0.3 is 9.72 Å². The number of aromatic nitrogens is 3.